The summed E-state index contributed by atoms with van der Waals surface area (Å²) in [6, 6.07) is 7.58. The lowest BCUT2D eigenvalue weighted by Gasteiger charge is -1.97. The molecule has 0 aliphatic rings. The zero-order valence-electron chi connectivity index (χ0n) is 8.48. The number of hydrogen-bond donors (Lipinski definition) is 2. The summed E-state index contributed by atoms with van der Waals surface area (Å²) in [7, 11) is -5.84. The van der Waals surface area contributed by atoms with Crippen molar-refractivity contribution >= 4 is 21.9 Å². The second-order valence-electron chi connectivity index (χ2n) is 2.79. The summed E-state index contributed by atoms with van der Waals surface area (Å²) in [4.78, 5) is 0. The lowest BCUT2D eigenvalue weighted by molar-refractivity contribution is -0.0510. The van der Waals surface area contributed by atoms with Gasteiger partial charge in [0.1, 0.15) is 0 Å². The zero-order valence-corrected chi connectivity index (χ0v) is 9.29. The molecule has 0 saturated heterocycles. The Hall–Kier alpha value is -1.54. The summed E-state index contributed by atoms with van der Waals surface area (Å²) >= 11 is 0. The molecule has 0 atom stereocenters. The second kappa shape index (κ2) is 5.69. The summed E-state index contributed by atoms with van der Waals surface area (Å²) in [5.41, 5.74) is 1.81. The molecule has 17 heavy (non-hydrogen) atoms. The Labute approximate surface area is 96.3 Å². The number of alkyl halides is 3. The molecule has 0 saturated carbocycles. The fourth-order valence-electron chi connectivity index (χ4n) is 0.632. The molecule has 0 fully saturated rings. The van der Waals surface area contributed by atoms with Crippen molar-refractivity contribution in [2.75, 3.05) is 5.73 Å². The van der Waals surface area contributed by atoms with Crippen LogP contribution in [0.5, 0.6) is 0 Å². The fourth-order valence-corrected chi connectivity index (χ4v) is 0.632. The maximum Gasteiger partial charge on any atom is 0.522 e. The summed E-state index contributed by atoms with van der Waals surface area (Å²) < 4.78 is 57.5. The van der Waals surface area contributed by atoms with Crippen LogP contribution in [0.2, 0.25) is 0 Å². The van der Waals surface area contributed by atoms with Gasteiger partial charge in [-0.05, 0) is 17.7 Å². The molecule has 0 radical (unpaired) electrons. The molecule has 0 amide bonds. The number of halogens is 3. The number of nitrogen functional groups attached to an aromatic ring is 1. The standard InChI is InChI=1S/C8H9N.CHF3O3S/c1-2-7-3-5-8(9)6-4-7;2-1(3,4)8(5,6)7/h2-6H,1,9H2;(H,5,6,7). The monoisotopic (exact) mass is 269 g/mol. The van der Waals surface area contributed by atoms with Crippen molar-refractivity contribution in [2.24, 2.45) is 0 Å². The van der Waals surface area contributed by atoms with E-state index in [0.717, 1.165) is 11.3 Å². The van der Waals surface area contributed by atoms with Gasteiger partial charge >= 0.3 is 15.6 Å². The van der Waals surface area contributed by atoms with Crippen molar-refractivity contribution in [1.29, 1.82) is 0 Å². The molecule has 1 rings (SSSR count). The molecule has 0 aromatic heterocycles. The van der Waals surface area contributed by atoms with Gasteiger partial charge < -0.3 is 5.73 Å². The molecule has 4 nitrogen and oxygen atoms in total. The van der Waals surface area contributed by atoms with Gasteiger partial charge in [0.25, 0.3) is 0 Å². The minimum Gasteiger partial charge on any atom is -0.399 e. The molecule has 1 aromatic carbocycles. The SMILES string of the molecule is C=Cc1ccc(N)cc1.O=S(=O)(O)C(F)(F)F. The van der Waals surface area contributed by atoms with Gasteiger partial charge in [-0.1, -0.05) is 24.8 Å². The quantitative estimate of drug-likeness (QED) is 0.465. The minimum absolute atomic E-state index is 0.792. The summed E-state index contributed by atoms with van der Waals surface area (Å²) in [6.45, 7) is 3.62. The molecule has 0 unspecified atom stereocenters. The Morgan fingerprint density at radius 2 is 1.59 bits per heavy atom. The molecule has 1 aromatic rings. The number of hydrogen-bond acceptors (Lipinski definition) is 3. The fraction of sp³-hybridized carbons (Fsp3) is 0.111. The number of nitrogens with two attached hydrogens (primary N) is 1. The first-order valence-electron chi connectivity index (χ1n) is 4.09. The normalized spacial score (nSPS) is 11.3. The van der Waals surface area contributed by atoms with Gasteiger partial charge in [-0.2, -0.15) is 21.6 Å². The van der Waals surface area contributed by atoms with Crippen LogP contribution < -0.4 is 5.73 Å². The Kier molecular flexibility index (Phi) is 5.17. The first-order valence-corrected chi connectivity index (χ1v) is 5.53. The van der Waals surface area contributed by atoms with Gasteiger partial charge in [-0.3, -0.25) is 4.55 Å². The van der Waals surface area contributed by atoms with Crippen LogP contribution in [-0.4, -0.2) is 18.5 Å². The van der Waals surface area contributed by atoms with E-state index in [4.69, 9.17) is 18.7 Å². The smallest absolute Gasteiger partial charge is 0.399 e. The van der Waals surface area contributed by atoms with Crippen LogP contribution in [0.3, 0.4) is 0 Å². The highest BCUT2D eigenvalue weighted by atomic mass is 32.2. The van der Waals surface area contributed by atoms with Crippen LogP contribution >= 0.6 is 0 Å². The van der Waals surface area contributed by atoms with E-state index in [2.05, 4.69) is 6.58 Å². The molecule has 0 aliphatic heterocycles. The average molecular weight is 269 g/mol. The Morgan fingerprint density at radius 3 is 1.82 bits per heavy atom. The molecule has 0 heterocycles. The minimum atomic E-state index is -5.84. The lowest BCUT2D eigenvalue weighted by atomic mass is 10.2. The molecule has 0 bridgehead atoms. The molecule has 0 spiro atoms. The highest BCUT2D eigenvalue weighted by Crippen LogP contribution is 2.20. The first-order chi connectivity index (χ1) is 7.58. The topological polar surface area (TPSA) is 80.4 Å². The molecular formula is C9H10F3NO3S. The number of rotatable bonds is 1. The molecule has 0 aliphatic carbocycles. The number of benzene rings is 1. The van der Waals surface area contributed by atoms with Crippen LogP contribution in [-0.2, 0) is 10.1 Å². The molecular weight excluding hydrogens is 259 g/mol. The van der Waals surface area contributed by atoms with Crippen LogP contribution in [0, 0.1) is 0 Å². The maximum atomic E-state index is 10.7. The van der Waals surface area contributed by atoms with E-state index >= 15 is 0 Å². The van der Waals surface area contributed by atoms with E-state index in [-0.39, 0.29) is 0 Å². The van der Waals surface area contributed by atoms with Gasteiger partial charge in [-0.15, -0.1) is 0 Å². The zero-order chi connectivity index (χ0) is 13.7. The van der Waals surface area contributed by atoms with Crippen molar-refractivity contribution in [1.82, 2.24) is 0 Å². The van der Waals surface area contributed by atoms with Crippen molar-refractivity contribution < 1.29 is 26.1 Å². The average Bonchev–Trinajstić information content (AvgIpc) is 2.17. The summed E-state index contributed by atoms with van der Waals surface area (Å²) in [6.07, 6.45) is 1.79. The van der Waals surface area contributed by atoms with Crippen molar-refractivity contribution in [3.63, 3.8) is 0 Å². The van der Waals surface area contributed by atoms with Crippen molar-refractivity contribution in [3.05, 3.63) is 36.4 Å². The van der Waals surface area contributed by atoms with Crippen molar-refractivity contribution in [3.8, 4) is 0 Å². The first kappa shape index (κ1) is 15.5. The second-order valence-corrected chi connectivity index (χ2v) is 4.20. The van der Waals surface area contributed by atoms with Gasteiger partial charge in [0.15, 0.2) is 0 Å². The highest BCUT2D eigenvalue weighted by molar-refractivity contribution is 7.86. The third-order valence-corrected chi connectivity index (χ3v) is 2.05. The Balaban J connectivity index is 0.000000304. The lowest BCUT2D eigenvalue weighted by Crippen LogP contribution is -2.21. The van der Waals surface area contributed by atoms with Crippen molar-refractivity contribution in [2.45, 2.75) is 5.51 Å². The largest absolute Gasteiger partial charge is 0.522 e. The molecule has 96 valence electrons. The van der Waals surface area contributed by atoms with Gasteiger partial charge in [0.2, 0.25) is 0 Å². The van der Waals surface area contributed by atoms with Gasteiger partial charge in [0, 0.05) is 5.69 Å². The van der Waals surface area contributed by atoms with E-state index in [1.807, 2.05) is 24.3 Å². The highest BCUT2D eigenvalue weighted by Gasteiger charge is 2.44. The predicted octanol–water partition coefficient (Wildman–Crippen LogP) is 2.31. The van der Waals surface area contributed by atoms with Crippen LogP contribution in [0.25, 0.3) is 6.08 Å². The van der Waals surface area contributed by atoms with Crippen LogP contribution in [0.4, 0.5) is 18.9 Å². The predicted molar refractivity (Wildman–Crippen MR) is 58.5 cm³/mol. The third kappa shape index (κ3) is 5.93. The summed E-state index contributed by atoms with van der Waals surface area (Å²) in [5.74, 6) is 0. The van der Waals surface area contributed by atoms with Gasteiger partial charge in [-0.25, -0.2) is 0 Å². The molecule has 8 heteroatoms. The van der Waals surface area contributed by atoms with E-state index in [1.165, 1.54) is 0 Å². The van der Waals surface area contributed by atoms with E-state index in [1.54, 1.807) is 6.08 Å². The Bertz CT molecular complexity index is 465. The Morgan fingerprint density at radius 1 is 1.24 bits per heavy atom. The van der Waals surface area contributed by atoms with Crippen LogP contribution in [0.15, 0.2) is 30.8 Å². The van der Waals surface area contributed by atoms with E-state index in [0.29, 0.717) is 0 Å². The van der Waals surface area contributed by atoms with Gasteiger partial charge in [0.05, 0.1) is 0 Å². The molecule has 3 N–H and O–H groups in total. The summed E-state index contributed by atoms with van der Waals surface area (Å²) in [5, 5.41) is 0. The van der Waals surface area contributed by atoms with E-state index in [9.17, 15) is 13.2 Å². The maximum absolute atomic E-state index is 10.7. The third-order valence-electron chi connectivity index (χ3n) is 1.46. The van der Waals surface area contributed by atoms with E-state index < -0.39 is 15.6 Å². The van der Waals surface area contributed by atoms with Crippen LogP contribution in [0.1, 0.15) is 5.56 Å². The number of anilines is 1.